The number of halogens is 3. The Labute approximate surface area is 125 Å². The average molecular weight is 319 g/mol. The zero-order valence-corrected chi connectivity index (χ0v) is 12.0. The first-order valence-corrected chi connectivity index (χ1v) is 6.89. The molecule has 2 saturated heterocycles. The van der Waals surface area contributed by atoms with Crippen molar-refractivity contribution in [2.75, 3.05) is 33.4 Å². The topological polar surface area (TPSA) is 51.9 Å². The van der Waals surface area contributed by atoms with E-state index in [0.717, 1.165) is 6.07 Å². The number of ether oxygens (including phenoxy) is 2. The summed E-state index contributed by atoms with van der Waals surface area (Å²) in [6.07, 6.45) is -4.49. The van der Waals surface area contributed by atoms with Gasteiger partial charge in [-0.2, -0.15) is 13.2 Å². The van der Waals surface area contributed by atoms with Crippen LogP contribution in [0.1, 0.15) is 11.5 Å². The van der Waals surface area contributed by atoms with Gasteiger partial charge in [0.15, 0.2) is 0 Å². The first-order valence-electron chi connectivity index (χ1n) is 6.89. The van der Waals surface area contributed by atoms with Crippen LogP contribution in [0.25, 0.3) is 0 Å². The van der Waals surface area contributed by atoms with E-state index in [1.54, 1.807) is 0 Å². The van der Waals surface area contributed by atoms with Gasteiger partial charge in [-0.3, -0.25) is 9.69 Å². The predicted octanol–water partition coefficient (Wildman–Crippen LogP) is 1.92. The number of furan rings is 1. The Balaban J connectivity index is 1.71. The number of rotatable bonds is 3. The second-order valence-electron chi connectivity index (χ2n) is 5.79. The molecule has 8 heteroatoms. The largest absolute Gasteiger partial charge is 0.468 e. The lowest BCUT2D eigenvalue weighted by Crippen LogP contribution is -2.40. The van der Waals surface area contributed by atoms with E-state index in [4.69, 9.17) is 13.9 Å². The van der Waals surface area contributed by atoms with Crippen molar-refractivity contribution >= 4 is 5.97 Å². The van der Waals surface area contributed by atoms with Gasteiger partial charge >= 0.3 is 12.1 Å². The van der Waals surface area contributed by atoms with Crippen molar-refractivity contribution in [1.82, 2.24) is 4.90 Å². The second-order valence-corrected chi connectivity index (χ2v) is 5.79. The summed E-state index contributed by atoms with van der Waals surface area (Å²) < 4.78 is 52.7. The van der Waals surface area contributed by atoms with E-state index >= 15 is 0 Å². The molecule has 0 bridgehead atoms. The summed E-state index contributed by atoms with van der Waals surface area (Å²) in [6, 6.07) is 2.24. The van der Waals surface area contributed by atoms with E-state index < -0.39 is 17.4 Å². The smallest absolute Gasteiger partial charge is 0.449 e. The maximum atomic E-state index is 12.5. The second kappa shape index (κ2) is 5.27. The van der Waals surface area contributed by atoms with E-state index in [1.165, 1.54) is 13.2 Å². The molecule has 1 aromatic rings. The van der Waals surface area contributed by atoms with Gasteiger partial charge in [0.25, 0.3) is 0 Å². The molecule has 122 valence electrons. The molecular formula is C14H16F3NO4. The van der Waals surface area contributed by atoms with Gasteiger partial charge < -0.3 is 13.9 Å². The highest BCUT2D eigenvalue weighted by molar-refractivity contribution is 5.78. The van der Waals surface area contributed by atoms with Crippen LogP contribution in [0.5, 0.6) is 0 Å². The molecule has 22 heavy (non-hydrogen) atoms. The SMILES string of the molecule is COC(=O)[C@@]12COC[C@@H]1CN(Cc1ccc(C(F)(F)F)o1)C2. The Morgan fingerprint density at radius 3 is 2.91 bits per heavy atom. The van der Waals surface area contributed by atoms with Gasteiger partial charge in [-0.25, -0.2) is 0 Å². The highest BCUT2D eigenvalue weighted by Crippen LogP contribution is 2.43. The van der Waals surface area contributed by atoms with Crippen molar-refractivity contribution in [2.45, 2.75) is 12.7 Å². The molecule has 0 saturated carbocycles. The van der Waals surface area contributed by atoms with Gasteiger partial charge in [-0.1, -0.05) is 0 Å². The van der Waals surface area contributed by atoms with Gasteiger partial charge in [-0.05, 0) is 12.1 Å². The Morgan fingerprint density at radius 2 is 2.27 bits per heavy atom. The van der Waals surface area contributed by atoms with Crippen molar-refractivity contribution in [3.63, 3.8) is 0 Å². The minimum Gasteiger partial charge on any atom is -0.468 e. The molecule has 0 unspecified atom stereocenters. The van der Waals surface area contributed by atoms with Gasteiger partial charge in [0, 0.05) is 19.0 Å². The Bertz CT molecular complexity index is 571. The molecule has 2 fully saturated rings. The molecule has 3 heterocycles. The molecule has 2 aliphatic heterocycles. The quantitative estimate of drug-likeness (QED) is 0.797. The highest BCUT2D eigenvalue weighted by atomic mass is 19.4. The number of likely N-dealkylation sites (tertiary alicyclic amines) is 1. The standard InChI is InChI=1S/C14H16F3NO4/c1-20-12(19)13-7-18(4-9(13)6-21-8-13)5-10-2-3-11(22-10)14(15,16)17/h2-3,9H,4-8H2,1H3/t9-,13-/m0/s1. The minimum absolute atomic E-state index is 0.00278. The molecular weight excluding hydrogens is 303 g/mol. The lowest BCUT2D eigenvalue weighted by molar-refractivity contribution is -0.153. The monoisotopic (exact) mass is 319 g/mol. The molecule has 0 amide bonds. The third-order valence-corrected chi connectivity index (χ3v) is 4.36. The van der Waals surface area contributed by atoms with Crippen LogP contribution in [-0.2, 0) is 27.0 Å². The lowest BCUT2D eigenvalue weighted by Gasteiger charge is -2.23. The number of carbonyl (C=O) groups is 1. The van der Waals surface area contributed by atoms with Crippen LogP contribution in [0.3, 0.4) is 0 Å². The van der Waals surface area contributed by atoms with Crippen molar-refractivity contribution in [2.24, 2.45) is 11.3 Å². The normalized spacial score (nSPS) is 28.8. The van der Waals surface area contributed by atoms with E-state index in [9.17, 15) is 18.0 Å². The maximum absolute atomic E-state index is 12.5. The number of hydrogen-bond acceptors (Lipinski definition) is 5. The van der Waals surface area contributed by atoms with Crippen molar-refractivity contribution in [3.8, 4) is 0 Å². The highest BCUT2D eigenvalue weighted by Gasteiger charge is 2.56. The van der Waals surface area contributed by atoms with Gasteiger partial charge in [0.05, 0.1) is 26.9 Å². The fourth-order valence-electron chi connectivity index (χ4n) is 3.29. The van der Waals surface area contributed by atoms with E-state index in [1.807, 2.05) is 4.90 Å². The molecule has 0 N–H and O–H groups in total. The van der Waals surface area contributed by atoms with Gasteiger partial charge in [-0.15, -0.1) is 0 Å². The fourth-order valence-corrected chi connectivity index (χ4v) is 3.29. The number of methoxy groups -OCH3 is 1. The Hall–Kier alpha value is -1.54. The molecule has 5 nitrogen and oxygen atoms in total. The van der Waals surface area contributed by atoms with E-state index in [0.29, 0.717) is 19.7 Å². The summed E-state index contributed by atoms with van der Waals surface area (Å²) in [5.74, 6) is -1.11. The molecule has 2 aliphatic rings. The van der Waals surface area contributed by atoms with Crippen LogP contribution in [0, 0.1) is 11.3 Å². The molecule has 0 radical (unpaired) electrons. The molecule has 3 rings (SSSR count). The summed E-state index contributed by atoms with van der Waals surface area (Å²) in [6.45, 7) is 1.93. The number of fused-ring (bicyclic) bond motifs is 1. The van der Waals surface area contributed by atoms with Crippen molar-refractivity contribution in [3.05, 3.63) is 23.7 Å². The number of esters is 1. The van der Waals surface area contributed by atoms with Crippen LogP contribution in [0.15, 0.2) is 16.5 Å². The molecule has 2 atom stereocenters. The zero-order chi connectivity index (χ0) is 16.0. The van der Waals surface area contributed by atoms with Gasteiger partial charge in [0.2, 0.25) is 5.76 Å². The minimum atomic E-state index is -4.49. The van der Waals surface area contributed by atoms with Crippen molar-refractivity contribution in [1.29, 1.82) is 0 Å². The molecule has 0 aliphatic carbocycles. The third-order valence-electron chi connectivity index (χ3n) is 4.36. The average Bonchev–Trinajstić information content (AvgIpc) is 3.11. The van der Waals surface area contributed by atoms with Gasteiger partial charge in [0.1, 0.15) is 11.2 Å². The first-order chi connectivity index (χ1) is 10.3. The fraction of sp³-hybridized carbons (Fsp3) is 0.643. The van der Waals surface area contributed by atoms with E-state index in [-0.39, 0.29) is 30.8 Å². The summed E-state index contributed by atoms with van der Waals surface area (Å²) in [4.78, 5) is 14.0. The molecule has 0 spiro atoms. The van der Waals surface area contributed by atoms with Crippen LogP contribution >= 0.6 is 0 Å². The summed E-state index contributed by atoms with van der Waals surface area (Å²) in [5, 5.41) is 0. The summed E-state index contributed by atoms with van der Waals surface area (Å²) in [5.41, 5.74) is -0.714. The predicted molar refractivity (Wildman–Crippen MR) is 67.7 cm³/mol. The molecule has 0 aromatic carbocycles. The molecule has 1 aromatic heterocycles. The number of alkyl halides is 3. The first kappa shape index (κ1) is 15.4. The van der Waals surface area contributed by atoms with E-state index in [2.05, 4.69) is 0 Å². The van der Waals surface area contributed by atoms with Crippen LogP contribution in [0.2, 0.25) is 0 Å². The number of hydrogen-bond donors (Lipinski definition) is 0. The Morgan fingerprint density at radius 1 is 1.50 bits per heavy atom. The van der Waals surface area contributed by atoms with Crippen LogP contribution in [0.4, 0.5) is 13.2 Å². The summed E-state index contributed by atoms with van der Waals surface area (Å²) >= 11 is 0. The maximum Gasteiger partial charge on any atom is 0.449 e. The van der Waals surface area contributed by atoms with Crippen LogP contribution < -0.4 is 0 Å². The zero-order valence-electron chi connectivity index (χ0n) is 12.0. The lowest BCUT2D eigenvalue weighted by atomic mass is 9.81. The van der Waals surface area contributed by atoms with Crippen LogP contribution in [-0.4, -0.2) is 44.3 Å². The third kappa shape index (κ3) is 2.50. The Kier molecular flexibility index (Phi) is 3.68. The summed E-state index contributed by atoms with van der Waals surface area (Å²) in [7, 11) is 1.33. The number of nitrogens with zero attached hydrogens (tertiary/aromatic N) is 1. The van der Waals surface area contributed by atoms with Crippen molar-refractivity contribution < 1.29 is 31.9 Å². The number of carbonyl (C=O) groups excluding carboxylic acids is 1.